The van der Waals surface area contributed by atoms with Crippen LogP contribution in [0.4, 0.5) is 4.79 Å². The number of carbonyl (C=O) groups is 1. The molecule has 2 aromatic rings. The third-order valence-electron chi connectivity index (χ3n) is 8.10. The highest BCUT2D eigenvalue weighted by Gasteiger charge is 2.55. The Morgan fingerprint density at radius 2 is 1.62 bits per heavy atom. The average molecular weight is 463 g/mol. The zero-order valence-corrected chi connectivity index (χ0v) is 20.8. The van der Waals surface area contributed by atoms with E-state index in [9.17, 15) is 4.79 Å². The molecule has 0 aromatic heterocycles. The lowest BCUT2D eigenvalue weighted by molar-refractivity contribution is -0.0200. The van der Waals surface area contributed by atoms with Crippen molar-refractivity contribution < 1.29 is 23.6 Å². The molecule has 7 heteroatoms. The van der Waals surface area contributed by atoms with Crippen molar-refractivity contribution in [3.63, 3.8) is 0 Å². The summed E-state index contributed by atoms with van der Waals surface area (Å²) in [6.45, 7) is 9.80. The van der Waals surface area contributed by atoms with Gasteiger partial charge in [0.15, 0.2) is 0 Å². The van der Waals surface area contributed by atoms with Gasteiger partial charge in [0.25, 0.3) is 0 Å². The number of methoxy groups -OCH3 is 1. The largest absolute Gasteiger partial charge is 0.497 e. The molecule has 2 aliphatic heterocycles. The minimum absolute atomic E-state index is 0.345. The molecule has 0 bridgehead atoms. The summed E-state index contributed by atoms with van der Waals surface area (Å²) in [5, 5.41) is 0. The van der Waals surface area contributed by atoms with Gasteiger partial charge in [0, 0.05) is 13.1 Å². The first-order valence-electron chi connectivity index (χ1n) is 12.2. The molecule has 34 heavy (non-hydrogen) atoms. The first-order valence-corrected chi connectivity index (χ1v) is 12.2. The Labute approximate surface area is 202 Å². The topological polar surface area (TPSA) is 57.2 Å². The molecule has 1 saturated heterocycles. The van der Waals surface area contributed by atoms with E-state index in [1.807, 2.05) is 30.3 Å². The Morgan fingerprint density at radius 3 is 2.29 bits per heavy atom. The SMILES string of the molecule is COc1ccc2c(c1)CN(C(=O)Oc1ccc(B3OC(C)(C)C(C)(CCC4(C)CC4)O3)cc1)C2. The lowest BCUT2D eigenvalue weighted by atomic mass is 9.79. The Morgan fingerprint density at radius 1 is 0.941 bits per heavy atom. The molecule has 0 spiro atoms. The summed E-state index contributed by atoms with van der Waals surface area (Å²) in [6, 6.07) is 13.3. The Kier molecular flexibility index (Phi) is 5.68. The van der Waals surface area contributed by atoms with Crippen molar-refractivity contribution in [2.45, 2.75) is 77.7 Å². The summed E-state index contributed by atoms with van der Waals surface area (Å²) in [5.41, 5.74) is 2.88. The molecule has 5 rings (SSSR count). The van der Waals surface area contributed by atoms with Crippen LogP contribution < -0.4 is 14.9 Å². The predicted molar refractivity (Wildman–Crippen MR) is 131 cm³/mol. The number of carbonyl (C=O) groups excluding carboxylic acids is 1. The highest BCUT2D eigenvalue weighted by Crippen LogP contribution is 2.52. The van der Waals surface area contributed by atoms with E-state index in [1.165, 1.54) is 12.8 Å². The number of ether oxygens (including phenoxy) is 2. The van der Waals surface area contributed by atoms with Crippen molar-refractivity contribution >= 4 is 18.7 Å². The zero-order chi connectivity index (χ0) is 24.1. The molecule has 0 N–H and O–H groups in total. The maximum absolute atomic E-state index is 12.7. The van der Waals surface area contributed by atoms with Crippen LogP contribution in [-0.2, 0) is 22.4 Å². The van der Waals surface area contributed by atoms with Crippen molar-refractivity contribution in [2.24, 2.45) is 5.41 Å². The second-order valence-corrected chi connectivity index (χ2v) is 11.0. The van der Waals surface area contributed by atoms with Gasteiger partial charge in [-0.3, -0.25) is 4.90 Å². The zero-order valence-electron chi connectivity index (χ0n) is 20.8. The summed E-state index contributed by atoms with van der Waals surface area (Å²) in [7, 11) is 1.21. The smallest absolute Gasteiger partial charge is 0.494 e. The van der Waals surface area contributed by atoms with Gasteiger partial charge in [-0.05, 0) is 92.7 Å². The number of benzene rings is 2. The van der Waals surface area contributed by atoms with Crippen LogP contribution in [0.15, 0.2) is 42.5 Å². The molecule has 1 unspecified atom stereocenters. The van der Waals surface area contributed by atoms with Crippen molar-refractivity contribution in [1.82, 2.24) is 4.90 Å². The highest BCUT2D eigenvalue weighted by molar-refractivity contribution is 6.62. The number of fused-ring (bicyclic) bond motifs is 1. The molecular formula is C27H34BNO5. The maximum atomic E-state index is 12.7. The van der Waals surface area contributed by atoms with Gasteiger partial charge >= 0.3 is 13.2 Å². The normalized spacial score (nSPS) is 24.1. The first-order chi connectivity index (χ1) is 16.1. The molecule has 2 fully saturated rings. The Balaban J connectivity index is 1.20. The van der Waals surface area contributed by atoms with E-state index in [0.29, 0.717) is 24.3 Å². The van der Waals surface area contributed by atoms with Gasteiger partial charge in [-0.1, -0.05) is 25.1 Å². The van der Waals surface area contributed by atoms with Gasteiger partial charge in [0.1, 0.15) is 11.5 Å². The Bertz CT molecular complexity index is 1080. The minimum Gasteiger partial charge on any atom is -0.497 e. The van der Waals surface area contributed by atoms with Gasteiger partial charge in [0.05, 0.1) is 18.3 Å². The maximum Gasteiger partial charge on any atom is 0.494 e. The Hall–Kier alpha value is -2.51. The standard InChI is InChI=1S/C27H34BNO5/c1-25(2)27(4,15-14-26(3)12-13-26)34-28(33-25)21-7-10-22(11-8-21)32-24(30)29-17-19-6-9-23(31-5)16-20(19)18-29/h6-11,16H,12-15,17-18H2,1-5H3. The fraction of sp³-hybridized carbons (Fsp3) is 0.519. The fourth-order valence-corrected chi connectivity index (χ4v) is 4.78. The van der Waals surface area contributed by atoms with Gasteiger partial charge in [-0.2, -0.15) is 0 Å². The molecule has 1 saturated carbocycles. The van der Waals surface area contributed by atoms with E-state index < -0.39 is 7.12 Å². The van der Waals surface area contributed by atoms with E-state index in [4.69, 9.17) is 18.8 Å². The van der Waals surface area contributed by atoms with Crippen LogP contribution in [0.25, 0.3) is 0 Å². The van der Waals surface area contributed by atoms with Crippen LogP contribution in [0.2, 0.25) is 0 Å². The van der Waals surface area contributed by atoms with Crippen LogP contribution in [0.1, 0.15) is 64.5 Å². The predicted octanol–water partition coefficient (Wildman–Crippen LogP) is 5.07. The molecule has 1 atom stereocenters. The number of hydrogen-bond acceptors (Lipinski definition) is 5. The highest BCUT2D eigenvalue weighted by atomic mass is 16.7. The number of rotatable bonds is 6. The van der Waals surface area contributed by atoms with Crippen molar-refractivity contribution in [3.05, 3.63) is 53.6 Å². The van der Waals surface area contributed by atoms with Gasteiger partial charge < -0.3 is 18.8 Å². The quantitative estimate of drug-likeness (QED) is 0.560. The molecular weight excluding hydrogens is 429 g/mol. The summed E-state index contributed by atoms with van der Waals surface area (Å²) in [6.07, 6.45) is 4.40. The van der Waals surface area contributed by atoms with Gasteiger partial charge in [-0.25, -0.2) is 4.79 Å². The second kappa shape index (κ2) is 8.31. The van der Waals surface area contributed by atoms with Crippen LogP contribution in [0.3, 0.4) is 0 Å². The van der Waals surface area contributed by atoms with Crippen LogP contribution in [0.5, 0.6) is 11.5 Å². The number of nitrogens with zero attached hydrogens (tertiary/aromatic N) is 1. The molecule has 1 aliphatic carbocycles. The lowest BCUT2D eigenvalue weighted by Crippen LogP contribution is -2.45. The molecule has 2 heterocycles. The second-order valence-electron chi connectivity index (χ2n) is 11.0. The fourth-order valence-electron chi connectivity index (χ4n) is 4.78. The van der Waals surface area contributed by atoms with Gasteiger partial charge in [-0.15, -0.1) is 0 Å². The summed E-state index contributed by atoms with van der Waals surface area (Å²) >= 11 is 0. The van der Waals surface area contributed by atoms with E-state index in [0.717, 1.165) is 35.2 Å². The average Bonchev–Trinajstić information content (AvgIpc) is 3.30. The van der Waals surface area contributed by atoms with E-state index in [-0.39, 0.29) is 17.3 Å². The van der Waals surface area contributed by atoms with Crippen molar-refractivity contribution in [1.29, 1.82) is 0 Å². The van der Waals surface area contributed by atoms with Crippen LogP contribution >= 0.6 is 0 Å². The van der Waals surface area contributed by atoms with Gasteiger partial charge in [0.2, 0.25) is 0 Å². The third kappa shape index (κ3) is 4.43. The molecule has 6 nitrogen and oxygen atoms in total. The number of hydrogen-bond donors (Lipinski definition) is 0. The van der Waals surface area contributed by atoms with E-state index >= 15 is 0 Å². The molecule has 0 radical (unpaired) electrons. The summed E-state index contributed by atoms with van der Waals surface area (Å²) in [5.74, 6) is 1.30. The summed E-state index contributed by atoms with van der Waals surface area (Å²) in [4.78, 5) is 14.4. The molecule has 2 aromatic carbocycles. The lowest BCUT2D eigenvalue weighted by Gasteiger charge is -2.37. The number of amides is 1. The van der Waals surface area contributed by atoms with Crippen molar-refractivity contribution in [3.8, 4) is 11.5 Å². The monoisotopic (exact) mass is 463 g/mol. The van der Waals surface area contributed by atoms with E-state index in [1.54, 1.807) is 24.1 Å². The van der Waals surface area contributed by atoms with Crippen molar-refractivity contribution in [2.75, 3.05) is 7.11 Å². The van der Waals surface area contributed by atoms with Crippen LogP contribution in [-0.4, -0.2) is 36.4 Å². The third-order valence-corrected chi connectivity index (χ3v) is 8.10. The molecule has 180 valence electrons. The minimum atomic E-state index is -0.431. The molecule has 1 amide bonds. The molecule has 3 aliphatic rings. The van der Waals surface area contributed by atoms with E-state index in [2.05, 4.69) is 27.7 Å². The summed E-state index contributed by atoms with van der Waals surface area (Å²) < 4.78 is 23.8. The first kappa shape index (κ1) is 23.2. The van der Waals surface area contributed by atoms with Crippen LogP contribution in [0, 0.1) is 5.41 Å².